The number of carbonyl (C=O) groups is 2. The van der Waals surface area contributed by atoms with E-state index in [-0.39, 0.29) is 23.7 Å². The quantitative estimate of drug-likeness (QED) is 0.664. The number of ketones is 1. The summed E-state index contributed by atoms with van der Waals surface area (Å²) < 4.78 is 13.2. The van der Waals surface area contributed by atoms with Crippen LogP contribution in [-0.2, 0) is 9.59 Å². The molecule has 3 heterocycles. The maximum atomic E-state index is 12.9. The molecule has 1 saturated heterocycles. The van der Waals surface area contributed by atoms with E-state index in [4.69, 9.17) is 14.5 Å². The molecule has 2 aromatic carbocycles. The van der Waals surface area contributed by atoms with Gasteiger partial charge in [0.15, 0.2) is 17.3 Å². The third kappa shape index (κ3) is 3.01. The molecule has 2 aliphatic rings. The monoisotopic (exact) mass is 405 g/mol. The number of imidazole rings is 1. The first-order chi connectivity index (χ1) is 14.5. The first kappa shape index (κ1) is 18.7. The molecule has 0 bridgehead atoms. The molecule has 2 unspecified atom stereocenters. The maximum Gasteiger partial charge on any atom is 0.227 e. The van der Waals surface area contributed by atoms with Gasteiger partial charge in [-0.15, -0.1) is 0 Å². The molecule has 1 fully saturated rings. The Hall–Kier alpha value is -3.35. The summed E-state index contributed by atoms with van der Waals surface area (Å²) in [5.41, 5.74) is 2.54. The van der Waals surface area contributed by atoms with Gasteiger partial charge < -0.3 is 18.9 Å². The minimum Gasteiger partial charge on any atom is -0.486 e. The summed E-state index contributed by atoms with van der Waals surface area (Å²) in [7, 11) is 0. The van der Waals surface area contributed by atoms with E-state index in [0.29, 0.717) is 37.7 Å². The summed E-state index contributed by atoms with van der Waals surface area (Å²) in [5, 5.41) is 0. The highest BCUT2D eigenvalue weighted by Crippen LogP contribution is 2.38. The van der Waals surface area contributed by atoms with Crippen molar-refractivity contribution in [3.63, 3.8) is 0 Å². The number of aromatic nitrogens is 2. The molecule has 7 heteroatoms. The first-order valence-corrected chi connectivity index (χ1v) is 10.2. The molecule has 0 spiro atoms. The van der Waals surface area contributed by atoms with Gasteiger partial charge in [-0.2, -0.15) is 0 Å². The zero-order valence-electron chi connectivity index (χ0n) is 17.0. The number of anilines is 1. The normalized spacial score (nSPS) is 19.3. The Morgan fingerprint density at radius 1 is 1.13 bits per heavy atom. The van der Waals surface area contributed by atoms with Crippen LogP contribution in [0, 0.1) is 0 Å². The van der Waals surface area contributed by atoms with Crippen molar-refractivity contribution in [1.29, 1.82) is 0 Å². The smallest absolute Gasteiger partial charge is 0.227 e. The summed E-state index contributed by atoms with van der Waals surface area (Å²) >= 11 is 0. The molecular weight excluding hydrogens is 382 g/mol. The van der Waals surface area contributed by atoms with Gasteiger partial charge in [0.1, 0.15) is 19.0 Å². The number of Topliss-reactive ketones (excluding diaryl/α,β-unsaturated/α-hetero) is 1. The molecule has 3 aromatic rings. The van der Waals surface area contributed by atoms with Crippen molar-refractivity contribution in [3.8, 4) is 11.5 Å². The fourth-order valence-corrected chi connectivity index (χ4v) is 4.27. The number of hydrogen-bond acceptors (Lipinski definition) is 5. The number of nitrogens with zero attached hydrogens (tertiary/aromatic N) is 3. The van der Waals surface area contributed by atoms with Gasteiger partial charge >= 0.3 is 0 Å². The minimum absolute atomic E-state index is 0.0331. The molecular formula is C23H23N3O4. The molecule has 30 heavy (non-hydrogen) atoms. The van der Waals surface area contributed by atoms with Crippen LogP contribution >= 0.6 is 0 Å². The van der Waals surface area contributed by atoms with Crippen molar-refractivity contribution < 1.29 is 19.1 Å². The predicted octanol–water partition coefficient (Wildman–Crippen LogP) is 3.48. The SMILES string of the molecule is CC(=O)C(C)n1c(C2CC(=O)N(c3ccc4c(c3)OCCO4)C2)nc2ccccc21. The highest BCUT2D eigenvalue weighted by Gasteiger charge is 2.36. The van der Waals surface area contributed by atoms with Crippen LogP contribution in [0.1, 0.15) is 38.1 Å². The van der Waals surface area contributed by atoms with Crippen LogP contribution in [0.2, 0.25) is 0 Å². The highest BCUT2D eigenvalue weighted by molar-refractivity contribution is 5.97. The second kappa shape index (κ2) is 7.16. The average molecular weight is 405 g/mol. The number of para-hydroxylation sites is 2. The Labute approximate surface area is 174 Å². The molecule has 5 rings (SSSR count). The number of carbonyl (C=O) groups excluding carboxylic acids is 2. The second-order valence-corrected chi connectivity index (χ2v) is 7.85. The maximum absolute atomic E-state index is 12.9. The molecule has 2 aliphatic heterocycles. The molecule has 0 radical (unpaired) electrons. The van der Waals surface area contributed by atoms with Crippen LogP contribution in [0.3, 0.4) is 0 Å². The summed E-state index contributed by atoms with van der Waals surface area (Å²) in [6.07, 6.45) is 0.350. The van der Waals surface area contributed by atoms with Gasteiger partial charge in [0.05, 0.1) is 17.1 Å². The molecule has 0 aliphatic carbocycles. The predicted molar refractivity (Wildman–Crippen MR) is 112 cm³/mol. The fraction of sp³-hybridized carbons (Fsp3) is 0.348. The topological polar surface area (TPSA) is 73.7 Å². The molecule has 0 saturated carbocycles. The van der Waals surface area contributed by atoms with E-state index in [2.05, 4.69) is 0 Å². The third-order valence-electron chi connectivity index (χ3n) is 5.93. The van der Waals surface area contributed by atoms with E-state index in [9.17, 15) is 9.59 Å². The van der Waals surface area contributed by atoms with E-state index in [1.165, 1.54) is 0 Å². The lowest BCUT2D eigenvalue weighted by Gasteiger charge is -2.22. The van der Waals surface area contributed by atoms with Crippen molar-refractivity contribution in [2.24, 2.45) is 0 Å². The number of amides is 1. The van der Waals surface area contributed by atoms with Gasteiger partial charge in [-0.3, -0.25) is 9.59 Å². The van der Waals surface area contributed by atoms with Crippen molar-refractivity contribution in [1.82, 2.24) is 9.55 Å². The molecule has 154 valence electrons. The van der Waals surface area contributed by atoms with E-state index < -0.39 is 0 Å². The van der Waals surface area contributed by atoms with E-state index in [1.807, 2.05) is 54.0 Å². The van der Waals surface area contributed by atoms with Gasteiger partial charge in [0.25, 0.3) is 0 Å². The molecule has 1 aromatic heterocycles. The van der Waals surface area contributed by atoms with Gasteiger partial charge in [0.2, 0.25) is 5.91 Å². The van der Waals surface area contributed by atoms with E-state index in [1.54, 1.807) is 11.8 Å². The number of ether oxygens (including phenoxy) is 2. The lowest BCUT2D eigenvalue weighted by molar-refractivity contribution is -0.119. The minimum atomic E-state index is -0.342. The van der Waals surface area contributed by atoms with Crippen molar-refractivity contribution in [2.45, 2.75) is 32.2 Å². The first-order valence-electron chi connectivity index (χ1n) is 10.2. The number of benzene rings is 2. The highest BCUT2D eigenvalue weighted by atomic mass is 16.6. The van der Waals surface area contributed by atoms with Gasteiger partial charge in [-0.05, 0) is 38.1 Å². The van der Waals surface area contributed by atoms with Gasteiger partial charge in [-0.25, -0.2) is 4.98 Å². The van der Waals surface area contributed by atoms with Gasteiger partial charge in [0, 0.05) is 30.6 Å². The van der Waals surface area contributed by atoms with Crippen molar-refractivity contribution in [3.05, 3.63) is 48.3 Å². The van der Waals surface area contributed by atoms with Crippen LogP contribution in [0.4, 0.5) is 5.69 Å². The number of hydrogen-bond donors (Lipinski definition) is 0. The van der Waals surface area contributed by atoms with Crippen molar-refractivity contribution in [2.75, 3.05) is 24.7 Å². The Morgan fingerprint density at radius 2 is 1.90 bits per heavy atom. The average Bonchev–Trinajstić information content (AvgIpc) is 3.33. The Morgan fingerprint density at radius 3 is 2.70 bits per heavy atom. The van der Waals surface area contributed by atoms with E-state index >= 15 is 0 Å². The van der Waals surface area contributed by atoms with Crippen LogP contribution in [-0.4, -0.2) is 41.0 Å². The van der Waals surface area contributed by atoms with Crippen LogP contribution in [0.5, 0.6) is 11.5 Å². The number of rotatable bonds is 4. The van der Waals surface area contributed by atoms with Crippen LogP contribution < -0.4 is 14.4 Å². The zero-order valence-corrected chi connectivity index (χ0v) is 17.0. The third-order valence-corrected chi connectivity index (χ3v) is 5.93. The second-order valence-electron chi connectivity index (χ2n) is 7.85. The van der Waals surface area contributed by atoms with Crippen LogP contribution in [0.15, 0.2) is 42.5 Å². The largest absolute Gasteiger partial charge is 0.486 e. The Bertz CT molecular complexity index is 1150. The summed E-state index contributed by atoms with van der Waals surface area (Å²) in [6.45, 7) is 5.01. The van der Waals surface area contributed by atoms with Gasteiger partial charge in [-0.1, -0.05) is 12.1 Å². The molecule has 2 atom stereocenters. The Kier molecular flexibility index (Phi) is 4.46. The van der Waals surface area contributed by atoms with E-state index in [0.717, 1.165) is 22.5 Å². The zero-order chi connectivity index (χ0) is 20.8. The summed E-state index contributed by atoms with van der Waals surface area (Å²) in [6, 6.07) is 13.0. The fourth-order valence-electron chi connectivity index (χ4n) is 4.27. The summed E-state index contributed by atoms with van der Waals surface area (Å²) in [4.78, 5) is 31.7. The van der Waals surface area contributed by atoms with Crippen molar-refractivity contribution >= 4 is 28.4 Å². The van der Waals surface area contributed by atoms with Crippen LogP contribution in [0.25, 0.3) is 11.0 Å². The Balaban J connectivity index is 1.51. The number of fused-ring (bicyclic) bond motifs is 2. The molecule has 1 amide bonds. The molecule has 0 N–H and O–H groups in total. The molecule has 7 nitrogen and oxygen atoms in total. The standard InChI is InChI=1S/C23H23N3O4/c1-14(15(2)27)26-19-6-4-3-5-18(19)24-23(26)16-11-22(28)25(13-16)17-7-8-20-21(12-17)30-10-9-29-20/h3-8,12,14,16H,9-11,13H2,1-2H3. The lowest BCUT2D eigenvalue weighted by atomic mass is 10.1. The summed E-state index contributed by atoms with van der Waals surface area (Å²) in [5.74, 6) is 2.14. The lowest BCUT2D eigenvalue weighted by Crippen LogP contribution is -2.25.